The molecule has 1 aliphatic rings. The number of nitrogens with two attached hydrogens (primary N) is 1. The molecule has 0 aliphatic heterocycles. The summed E-state index contributed by atoms with van der Waals surface area (Å²) in [6, 6.07) is 9.76. The second-order valence-corrected chi connectivity index (χ2v) is 6.01. The summed E-state index contributed by atoms with van der Waals surface area (Å²) in [4.78, 5) is 11.9. The van der Waals surface area contributed by atoms with Crippen LogP contribution < -0.4 is 11.1 Å². The monoisotopic (exact) mass is 260 g/mol. The van der Waals surface area contributed by atoms with Gasteiger partial charge in [0.1, 0.15) is 0 Å². The van der Waals surface area contributed by atoms with Crippen molar-refractivity contribution in [2.24, 2.45) is 11.1 Å². The minimum Gasteiger partial charge on any atom is -0.354 e. The molecule has 3 nitrogen and oxygen atoms in total. The summed E-state index contributed by atoms with van der Waals surface area (Å²) in [6.07, 6.45) is 5.27. The van der Waals surface area contributed by atoms with Crippen molar-refractivity contribution in [3.8, 4) is 0 Å². The second kappa shape index (κ2) is 6.20. The molecular formula is C16H24N2O. The van der Waals surface area contributed by atoms with Crippen molar-refractivity contribution >= 4 is 5.91 Å². The zero-order valence-electron chi connectivity index (χ0n) is 11.7. The third-order valence-electron chi connectivity index (χ3n) is 4.17. The molecule has 1 fully saturated rings. The Bertz CT molecular complexity index is 412. The van der Waals surface area contributed by atoms with Crippen molar-refractivity contribution in [2.45, 2.75) is 45.1 Å². The van der Waals surface area contributed by atoms with Gasteiger partial charge in [-0.2, -0.15) is 0 Å². The summed E-state index contributed by atoms with van der Waals surface area (Å²) < 4.78 is 0. The molecule has 0 spiro atoms. The number of carbonyl (C=O) groups excluding carboxylic acids is 1. The zero-order chi connectivity index (χ0) is 13.7. The molecule has 1 saturated carbocycles. The molecule has 1 atom stereocenters. The third-order valence-corrected chi connectivity index (χ3v) is 4.17. The molecule has 1 aliphatic carbocycles. The van der Waals surface area contributed by atoms with Gasteiger partial charge in [0, 0.05) is 6.54 Å². The van der Waals surface area contributed by atoms with Gasteiger partial charge in [-0.1, -0.05) is 43.7 Å². The molecular weight excluding hydrogens is 236 g/mol. The minimum absolute atomic E-state index is 0.0101. The average Bonchev–Trinajstić information content (AvgIpc) is 2.41. The molecule has 2 rings (SSSR count). The summed E-state index contributed by atoms with van der Waals surface area (Å²) in [5.41, 5.74) is 7.49. The molecule has 0 aromatic heterocycles. The van der Waals surface area contributed by atoms with Gasteiger partial charge < -0.3 is 11.1 Å². The van der Waals surface area contributed by atoms with Crippen molar-refractivity contribution in [1.82, 2.24) is 5.32 Å². The van der Waals surface area contributed by atoms with Gasteiger partial charge in [-0.15, -0.1) is 0 Å². The van der Waals surface area contributed by atoms with Crippen LogP contribution in [0.25, 0.3) is 0 Å². The fraction of sp³-hybridized carbons (Fsp3) is 0.562. The number of nitrogens with one attached hydrogen (secondary N) is 1. The van der Waals surface area contributed by atoms with Crippen LogP contribution in [0.5, 0.6) is 0 Å². The number of aryl methyl sites for hydroxylation is 1. The quantitative estimate of drug-likeness (QED) is 0.824. The van der Waals surface area contributed by atoms with E-state index in [9.17, 15) is 4.79 Å². The van der Waals surface area contributed by atoms with Crippen LogP contribution in [0.4, 0.5) is 0 Å². The highest BCUT2D eigenvalue weighted by molar-refractivity contribution is 5.81. The van der Waals surface area contributed by atoms with E-state index in [-0.39, 0.29) is 5.91 Å². The molecule has 1 aromatic rings. The fourth-order valence-corrected chi connectivity index (χ4v) is 2.49. The molecule has 0 saturated heterocycles. The highest BCUT2D eigenvalue weighted by Crippen LogP contribution is 2.39. The molecule has 3 heteroatoms. The van der Waals surface area contributed by atoms with Crippen molar-refractivity contribution in [3.63, 3.8) is 0 Å². The molecule has 104 valence electrons. The summed E-state index contributed by atoms with van der Waals surface area (Å²) in [5.74, 6) is -0.0101. The second-order valence-electron chi connectivity index (χ2n) is 6.01. The predicted octanol–water partition coefficient (Wildman–Crippen LogP) is 2.25. The van der Waals surface area contributed by atoms with E-state index < -0.39 is 6.04 Å². The van der Waals surface area contributed by atoms with Gasteiger partial charge in [-0.25, -0.2) is 0 Å². The average molecular weight is 260 g/mol. The van der Waals surface area contributed by atoms with Crippen molar-refractivity contribution in [1.29, 1.82) is 0 Å². The molecule has 0 radical (unpaired) electrons. The maximum Gasteiger partial charge on any atom is 0.236 e. The van der Waals surface area contributed by atoms with E-state index in [1.54, 1.807) is 0 Å². The lowest BCUT2D eigenvalue weighted by Crippen LogP contribution is -2.46. The molecule has 3 N–H and O–H groups in total. The van der Waals surface area contributed by atoms with E-state index >= 15 is 0 Å². The number of carbonyl (C=O) groups is 1. The summed E-state index contributed by atoms with van der Waals surface area (Å²) >= 11 is 0. The Labute approximate surface area is 115 Å². The number of hydrogen-bond donors (Lipinski definition) is 2. The Morgan fingerprint density at radius 2 is 2.05 bits per heavy atom. The van der Waals surface area contributed by atoms with E-state index in [1.807, 2.05) is 18.2 Å². The van der Waals surface area contributed by atoms with Gasteiger partial charge in [0.15, 0.2) is 0 Å². The zero-order valence-corrected chi connectivity index (χ0v) is 11.7. The highest BCUT2D eigenvalue weighted by atomic mass is 16.2. The first-order valence-corrected chi connectivity index (χ1v) is 7.16. The molecule has 1 amide bonds. The molecule has 19 heavy (non-hydrogen) atoms. The van der Waals surface area contributed by atoms with Crippen LogP contribution in [0.1, 0.15) is 38.2 Å². The van der Waals surface area contributed by atoms with E-state index in [2.05, 4.69) is 24.4 Å². The third kappa shape index (κ3) is 4.06. The minimum atomic E-state index is -0.399. The number of benzene rings is 1. The van der Waals surface area contributed by atoms with Gasteiger partial charge in [-0.05, 0) is 36.7 Å². The Balaban J connectivity index is 1.70. The van der Waals surface area contributed by atoms with Crippen LogP contribution >= 0.6 is 0 Å². The van der Waals surface area contributed by atoms with Gasteiger partial charge in [-0.3, -0.25) is 4.79 Å². The molecule has 0 heterocycles. The SMILES string of the molecule is CC1(CNC(=O)C(N)CCc2ccccc2)CCC1. The van der Waals surface area contributed by atoms with Crippen LogP contribution in [0.2, 0.25) is 0 Å². The van der Waals surface area contributed by atoms with E-state index in [0.29, 0.717) is 11.8 Å². The Kier molecular flexibility index (Phi) is 4.59. The van der Waals surface area contributed by atoms with E-state index in [0.717, 1.165) is 13.0 Å². The van der Waals surface area contributed by atoms with E-state index in [1.165, 1.54) is 24.8 Å². The van der Waals surface area contributed by atoms with Gasteiger partial charge in [0.05, 0.1) is 6.04 Å². The van der Waals surface area contributed by atoms with Crippen LogP contribution in [0.15, 0.2) is 30.3 Å². The van der Waals surface area contributed by atoms with Crippen molar-refractivity contribution < 1.29 is 4.79 Å². The predicted molar refractivity (Wildman–Crippen MR) is 77.7 cm³/mol. The van der Waals surface area contributed by atoms with Gasteiger partial charge in [0.25, 0.3) is 0 Å². The maximum absolute atomic E-state index is 11.9. The topological polar surface area (TPSA) is 55.1 Å². The first-order valence-electron chi connectivity index (χ1n) is 7.16. The largest absolute Gasteiger partial charge is 0.354 e. The molecule has 0 bridgehead atoms. The maximum atomic E-state index is 11.9. The van der Waals surface area contributed by atoms with Crippen LogP contribution in [-0.4, -0.2) is 18.5 Å². The van der Waals surface area contributed by atoms with Crippen LogP contribution in [0.3, 0.4) is 0 Å². The summed E-state index contributed by atoms with van der Waals surface area (Å²) in [5, 5.41) is 3.00. The van der Waals surface area contributed by atoms with E-state index in [4.69, 9.17) is 5.73 Å². The normalized spacial score (nSPS) is 18.4. The first-order chi connectivity index (χ1) is 9.09. The number of rotatable bonds is 6. The Morgan fingerprint density at radius 1 is 1.37 bits per heavy atom. The number of amides is 1. The lowest BCUT2D eigenvalue weighted by Gasteiger charge is -2.38. The van der Waals surface area contributed by atoms with Gasteiger partial charge >= 0.3 is 0 Å². The van der Waals surface area contributed by atoms with Crippen molar-refractivity contribution in [3.05, 3.63) is 35.9 Å². The van der Waals surface area contributed by atoms with Crippen LogP contribution in [-0.2, 0) is 11.2 Å². The standard InChI is InChI=1S/C16H24N2O/c1-16(10-5-11-16)12-18-15(19)14(17)9-8-13-6-3-2-4-7-13/h2-4,6-7,14H,5,8-12,17H2,1H3,(H,18,19). The van der Waals surface area contributed by atoms with Crippen LogP contribution in [0, 0.1) is 5.41 Å². The van der Waals surface area contributed by atoms with Crippen molar-refractivity contribution in [2.75, 3.05) is 6.54 Å². The Hall–Kier alpha value is -1.35. The highest BCUT2D eigenvalue weighted by Gasteiger charge is 2.32. The molecule has 1 unspecified atom stereocenters. The lowest BCUT2D eigenvalue weighted by molar-refractivity contribution is -0.123. The lowest BCUT2D eigenvalue weighted by atomic mass is 9.70. The summed E-state index contributed by atoms with van der Waals surface area (Å²) in [6.45, 7) is 3.00. The first kappa shape index (κ1) is 14.1. The molecule has 1 aromatic carbocycles. The fourth-order valence-electron chi connectivity index (χ4n) is 2.49. The smallest absolute Gasteiger partial charge is 0.236 e. The summed E-state index contributed by atoms with van der Waals surface area (Å²) in [7, 11) is 0. The van der Waals surface area contributed by atoms with Gasteiger partial charge in [0.2, 0.25) is 5.91 Å². The number of hydrogen-bond acceptors (Lipinski definition) is 2. The Morgan fingerprint density at radius 3 is 2.63 bits per heavy atom.